The molecule has 0 unspecified atom stereocenters. The third-order valence-corrected chi connectivity index (χ3v) is 6.02. The minimum absolute atomic E-state index is 0.133. The Morgan fingerprint density at radius 2 is 1.93 bits per heavy atom. The van der Waals surface area contributed by atoms with Crippen molar-refractivity contribution in [3.05, 3.63) is 62.8 Å². The van der Waals surface area contributed by atoms with Gasteiger partial charge in [0.25, 0.3) is 0 Å². The molecule has 1 aliphatic carbocycles. The highest BCUT2D eigenvalue weighted by molar-refractivity contribution is 6.42. The number of allylic oxidation sites excluding steroid dienone is 2. The molecule has 0 radical (unpaired) electrons. The molecule has 1 atom stereocenters. The molecule has 2 aromatic rings. The summed E-state index contributed by atoms with van der Waals surface area (Å²) in [6, 6.07) is 9.27. The zero-order valence-electron chi connectivity index (χ0n) is 15.1. The van der Waals surface area contributed by atoms with E-state index in [0.29, 0.717) is 28.0 Å². The van der Waals surface area contributed by atoms with Gasteiger partial charge in [0.05, 0.1) is 24.3 Å². The predicted molar refractivity (Wildman–Crippen MR) is 107 cm³/mol. The van der Waals surface area contributed by atoms with Crippen LogP contribution in [0.4, 0.5) is 5.69 Å². The molecule has 2 aromatic carbocycles. The zero-order valence-corrected chi connectivity index (χ0v) is 16.6. The summed E-state index contributed by atoms with van der Waals surface area (Å²) in [7, 11) is 3.22. The molecule has 4 nitrogen and oxygen atoms in total. The zero-order chi connectivity index (χ0) is 19.1. The number of ether oxygens (including phenoxy) is 2. The minimum atomic E-state index is -0.337. The number of hydrogen-bond acceptors (Lipinski definition) is 4. The first-order chi connectivity index (χ1) is 13.0. The van der Waals surface area contributed by atoms with Gasteiger partial charge >= 0.3 is 0 Å². The average Bonchev–Trinajstić information content (AvgIpc) is 2.68. The Kier molecular flexibility index (Phi) is 4.79. The second-order valence-corrected chi connectivity index (χ2v) is 7.45. The third kappa shape index (κ3) is 2.97. The van der Waals surface area contributed by atoms with E-state index < -0.39 is 0 Å². The van der Waals surface area contributed by atoms with Crippen LogP contribution in [0.5, 0.6) is 11.5 Å². The second-order valence-electron chi connectivity index (χ2n) is 6.66. The molecule has 1 aliphatic heterocycles. The van der Waals surface area contributed by atoms with E-state index in [1.54, 1.807) is 20.3 Å². The molecule has 4 rings (SSSR count). The van der Waals surface area contributed by atoms with Gasteiger partial charge in [0.1, 0.15) is 11.5 Å². The molecule has 0 amide bonds. The maximum Gasteiger partial charge on any atom is 0.161 e. The lowest BCUT2D eigenvalue weighted by molar-refractivity contribution is -0.116. The summed E-state index contributed by atoms with van der Waals surface area (Å²) in [6.45, 7) is 0. The second kappa shape index (κ2) is 7.10. The highest BCUT2D eigenvalue weighted by Crippen LogP contribution is 2.51. The molecular formula is C21H19Cl2NO3. The Morgan fingerprint density at radius 3 is 2.67 bits per heavy atom. The normalized spacial score (nSPS) is 18.5. The molecule has 6 heteroatoms. The molecular weight excluding hydrogens is 385 g/mol. The lowest BCUT2D eigenvalue weighted by atomic mass is 9.75. The van der Waals surface area contributed by atoms with E-state index >= 15 is 0 Å². The maximum atomic E-state index is 12.9. The summed E-state index contributed by atoms with van der Waals surface area (Å²) in [5.41, 5.74) is 4.23. The Hall–Kier alpha value is -2.17. The van der Waals surface area contributed by atoms with Gasteiger partial charge < -0.3 is 14.8 Å². The van der Waals surface area contributed by atoms with Crippen molar-refractivity contribution in [2.75, 3.05) is 19.5 Å². The number of carbonyl (C=O) groups is 1. The van der Waals surface area contributed by atoms with Crippen LogP contribution in [0.25, 0.3) is 0 Å². The van der Waals surface area contributed by atoms with Crippen LogP contribution >= 0.6 is 23.2 Å². The van der Waals surface area contributed by atoms with Gasteiger partial charge in [-0.1, -0.05) is 35.3 Å². The van der Waals surface area contributed by atoms with E-state index in [4.69, 9.17) is 32.7 Å². The molecule has 27 heavy (non-hydrogen) atoms. The van der Waals surface area contributed by atoms with Crippen molar-refractivity contribution in [3.63, 3.8) is 0 Å². The largest absolute Gasteiger partial charge is 0.497 e. The molecule has 2 aliphatic rings. The number of hydrogen-bond donors (Lipinski definition) is 1. The van der Waals surface area contributed by atoms with Gasteiger partial charge in [-0.25, -0.2) is 0 Å². The molecule has 0 saturated carbocycles. The van der Waals surface area contributed by atoms with Crippen molar-refractivity contribution >= 4 is 34.7 Å². The van der Waals surface area contributed by atoms with Crippen molar-refractivity contribution < 1.29 is 14.3 Å². The van der Waals surface area contributed by atoms with E-state index in [-0.39, 0.29) is 11.7 Å². The fourth-order valence-corrected chi connectivity index (χ4v) is 4.40. The number of nitrogens with one attached hydrogen (secondary N) is 1. The fourth-order valence-electron chi connectivity index (χ4n) is 3.98. The molecule has 0 fully saturated rings. The Balaban J connectivity index is 2.03. The summed E-state index contributed by atoms with van der Waals surface area (Å²) in [6.07, 6.45) is 2.18. The average molecular weight is 404 g/mol. The molecule has 1 heterocycles. The summed E-state index contributed by atoms with van der Waals surface area (Å²) >= 11 is 12.9. The smallest absolute Gasteiger partial charge is 0.161 e. The number of fused-ring (bicyclic) bond motifs is 1. The number of Topliss-reactive ketones (excluding diaryl/α,β-unsaturated/α-hetero) is 1. The van der Waals surface area contributed by atoms with Gasteiger partial charge in [-0.3, -0.25) is 4.79 Å². The van der Waals surface area contributed by atoms with Crippen LogP contribution in [0.3, 0.4) is 0 Å². The van der Waals surface area contributed by atoms with E-state index in [0.717, 1.165) is 40.9 Å². The summed E-state index contributed by atoms with van der Waals surface area (Å²) < 4.78 is 11.1. The van der Waals surface area contributed by atoms with E-state index in [9.17, 15) is 4.79 Å². The van der Waals surface area contributed by atoms with Crippen LogP contribution in [0.15, 0.2) is 41.6 Å². The van der Waals surface area contributed by atoms with Crippen molar-refractivity contribution in [1.29, 1.82) is 0 Å². The lowest BCUT2D eigenvalue weighted by Crippen LogP contribution is -2.27. The van der Waals surface area contributed by atoms with E-state index in [1.807, 2.05) is 24.3 Å². The SMILES string of the molecule is COc1cc2c(c(OC)c1)[C@@H](c1cccc(Cl)c1Cl)C1=C(CCCC1=O)N2. The van der Waals surface area contributed by atoms with Gasteiger partial charge in [0.15, 0.2) is 5.78 Å². The van der Waals surface area contributed by atoms with Gasteiger partial charge in [-0.05, 0) is 24.5 Å². The molecule has 0 saturated heterocycles. The van der Waals surface area contributed by atoms with Crippen LogP contribution in [-0.4, -0.2) is 20.0 Å². The minimum Gasteiger partial charge on any atom is -0.497 e. The number of benzene rings is 2. The predicted octanol–water partition coefficient (Wildman–Crippen LogP) is 5.58. The van der Waals surface area contributed by atoms with Crippen molar-refractivity contribution in [2.24, 2.45) is 0 Å². The van der Waals surface area contributed by atoms with Crippen LogP contribution in [0.1, 0.15) is 36.3 Å². The molecule has 0 spiro atoms. The van der Waals surface area contributed by atoms with Gasteiger partial charge in [-0.2, -0.15) is 0 Å². The molecule has 140 valence electrons. The summed E-state index contributed by atoms with van der Waals surface area (Å²) in [5.74, 6) is 1.12. The van der Waals surface area contributed by atoms with Crippen molar-refractivity contribution in [3.8, 4) is 11.5 Å². The standard InChI is InChI=1S/C21H19Cl2NO3/c1-26-11-9-15-20(17(10-11)27-2)18(12-5-3-6-13(22)21(12)23)19-14(24-15)7-4-8-16(19)25/h3,5-6,9-10,18,24H,4,7-8H2,1-2H3/t18-/m0/s1. The number of halogens is 2. The Bertz CT molecular complexity index is 968. The first-order valence-corrected chi connectivity index (χ1v) is 9.53. The lowest BCUT2D eigenvalue weighted by Gasteiger charge is -2.35. The van der Waals surface area contributed by atoms with Crippen LogP contribution in [0, 0.1) is 0 Å². The highest BCUT2D eigenvalue weighted by Gasteiger charge is 2.38. The number of ketones is 1. The van der Waals surface area contributed by atoms with Gasteiger partial charge in [0, 0.05) is 47.0 Å². The Morgan fingerprint density at radius 1 is 1.11 bits per heavy atom. The highest BCUT2D eigenvalue weighted by atomic mass is 35.5. The molecule has 1 N–H and O–H groups in total. The monoisotopic (exact) mass is 403 g/mol. The summed E-state index contributed by atoms with van der Waals surface area (Å²) in [5, 5.41) is 4.36. The van der Waals surface area contributed by atoms with Gasteiger partial charge in [-0.15, -0.1) is 0 Å². The van der Waals surface area contributed by atoms with Crippen LogP contribution in [-0.2, 0) is 4.79 Å². The topological polar surface area (TPSA) is 47.6 Å². The summed E-state index contributed by atoms with van der Waals surface area (Å²) in [4.78, 5) is 12.9. The first kappa shape index (κ1) is 18.2. The quantitative estimate of drug-likeness (QED) is 0.726. The molecule has 0 bridgehead atoms. The number of carbonyl (C=O) groups excluding carboxylic acids is 1. The maximum absolute atomic E-state index is 12.9. The van der Waals surface area contributed by atoms with Crippen LogP contribution < -0.4 is 14.8 Å². The van der Waals surface area contributed by atoms with Crippen molar-refractivity contribution in [1.82, 2.24) is 0 Å². The Labute approximate surface area is 168 Å². The number of anilines is 1. The number of methoxy groups -OCH3 is 2. The van der Waals surface area contributed by atoms with E-state index in [1.165, 1.54) is 0 Å². The van der Waals surface area contributed by atoms with E-state index in [2.05, 4.69) is 5.32 Å². The van der Waals surface area contributed by atoms with Crippen LogP contribution in [0.2, 0.25) is 10.0 Å². The third-order valence-electron chi connectivity index (χ3n) is 5.18. The van der Waals surface area contributed by atoms with Gasteiger partial charge in [0.2, 0.25) is 0 Å². The first-order valence-electron chi connectivity index (χ1n) is 8.78. The van der Waals surface area contributed by atoms with Crippen molar-refractivity contribution in [2.45, 2.75) is 25.2 Å². The number of rotatable bonds is 3. The molecule has 0 aromatic heterocycles. The fraction of sp³-hybridized carbons (Fsp3) is 0.286.